The van der Waals surface area contributed by atoms with E-state index in [9.17, 15) is 4.79 Å². The highest BCUT2D eigenvalue weighted by molar-refractivity contribution is 9.11. The van der Waals surface area contributed by atoms with Crippen molar-refractivity contribution >= 4 is 27.8 Å². The normalized spacial score (nSPS) is 19.7. The standard InChI is InChI=1S/C22H36BrN5O3/c1-14(13-30-6)19(31-7)12-15(2)26-22(25-5)28-20(16(3)23)27-18-10-8-17(9-11-18)21(29)24-4/h8,10-12,14,17,19,27H,9,13H2,1-7H3,(H,24,29)(H2,25,26,28). The molecule has 1 rings (SSSR count). The summed E-state index contributed by atoms with van der Waals surface area (Å²) in [5, 5.41) is 12.6. The van der Waals surface area contributed by atoms with Gasteiger partial charge in [0.2, 0.25) is 11.9 Å². The molecule has 0 saturated heterocycles. The molecule has 0 radical (unpaired) electrons. The molecule has 0 saturated carbocycles. The average Bonchev–Trinajstić information content (AvgIpc) is 2.76. The Morgan fingerprint density at radius 2 is 2.06 bits per heavy atom. The molecule has 0 fully saturated rings. The van der Waals surface area contributed by atoms with Crippen LogP contribution < -0.4 is 21.3 Å². The first-order valence-corrected chi connectivity index (χ1v) is 11.0. The van der Waals surface area contributed by atoms with E-state index in [0.717, 1.165) is 21.7 Å². The number of nitrogens with zero attached hydrogens (tertiary/aromatic N) is 1. The molecule has 174 valence electrons. The van der Waals surface area contributed by atoms with Crippen molar-refractivity contribution in [2.45, 2.75) is 33.3 Å². The summed E-state index contributed by atoms with van der Waals surface area (Å²) in [7, 11) is 6.73. The maximum atomic E-state index is 11.8. The lowest BCUT2D eigenvalue weighted by molar-refractivity contribution is -0.123. The molecule has 0 aromatic rings. The van der Waals surface area contributed by atoms with Crippen molar-refractivity contribution in [3.05, 3.63) is 46.0 Å². The summed E-state index contributed by atoms with van der Waals surface area (Å²) < 4.78 is 11.7. The quantitative estimate of drug-likeness (QED) is 0.273. The number of hydrogen-bond acceptors (Lipinski definition) is 5. The van der Waals surface area contributed by atoms with E-state index in [4.69, 9.17) is 9.47 Å². The molecule has 31 heavy (non-hydrogen) atoms. The second kappa shape index (κ2) is 14.1. The Labute approximate surface area is 194 Å². The van der Waals surface area contributed by atoms with Crippen LogP contribution >= 0.6 is 15.9 Å². The number of carbonyl (C=O) groups excluding carboxylic acids is 1. The maximum absolute atomic E-state index is 11.8. The molecule has 0 bridgehead atoms. The zero-order chi connectivity index (χ0) is 23.4. The second-order valence-corrected chi connectivity index (χ2v) is 8.50. The van der Waals surface area contributed by atoms with Crippen molar-refractivity contribution in [1.29, 1.82) is 0 Å². The summed E-state index contributed by atoms with van der Waals surface area (Å²) in [6.45, 7) is 6.58. The van der Waals surface area contributed by atoms with Gasteiger partial charge in [-0.05, 0) is 32.4 Å². The number of rotatable bonds is 10. The zero-order valence-corrected chi connectivity index (χ0v) is 21.1. The highest BCUT2D eigenvalue weighted by Gasteiger charge is 2.17. The zero-order valence-electron chi connectivity index (χ0n) is 19.5. The van der Waals surface area contributed by atoms with E-state index in [1.54, 1.807) is 28.3 Å². The minimum absolute atomic E-state index is 0.0122. The minimum atomic E-state index is -0.141. The Kier molecular flexibility index (Phi) is 12.2. The van der Waals surface area contributed by atoms with Gasteiger partial charge in [0.15, 0.2) is 0 Å². The van der Waals surface area contributed by atoms with Gasteiger partial charge in [-0.3, -0.25) is 9.79 Å². The number of ether oxygens (including phenoxy) is 2. The van der Waals surface area contributed by atoms with Crippen LogP contribution in [0.5, 0.6) is 0 Å². The van der Waals surface area contributed by atoms with Crippen LogP contribution in [-0.2, 0) is 14.3 Å². The fourth-order valence-corrected chi connectivity index (χ4v) is 3.20. The molecule has 0 heterocycles. The lowest BCUT2D eigenvalue weighted by atomic mass is 9.98. The van der Waals surface area contributed by atoms with Crippen molar-refractivity contribution < 1.29 is 14.3 Å². The molecule has 8 nitrogen and oxygen atoms in total. The number of carbonyl (C=O) groups is 1. The SMILES string of the molecule is CN=C(NC(C)=CC(OC)C(C)COC)NC(NC1=CCC(C(=O)NC)C=C1)=C(C)Br. The van der Waals surface area contributed by atoms with Gasteiger partial charge in [0.1, 0.15) is 5.82 Å². The van der Waals surface area contributed by atoms with E-state index in [1.807, 2.05) is 38.2 Å². The highest BCUT2D eigenvalue weighted by atomic mass is 79.9. The predicted molar refractivity (Wildman–Crippen MR) is 129 cm³/mol. The van der Waals surface area contributed by atoms with Gasteiger partial charge in [0.05, 0.1) is 18.6 Å². The number of aliphatic imine (C=N–C) groups is 1. The summed E-state index contributed by atoms with van der Waals surface area (Å²) in [5.41, 5.74) is 1.80. The first-order chi connectivity index (χ1) is 14.7. The largest absolute Gasteiger partial charge is 0.384 e. The van der Waals surface area contributed by atoms with Gasteiger partial charge in [0.25, 0.3) is 0 Å². The summed E-state index contributed by atoms with van der Waals surface area (Å²) in [6, 6.07) is 0. The van der Waals surface area contributed by atoms with Crippen LogP contribution in [0.2, 0.25) is 0 Å². The number of nitrogens with one attached hydrogen (secondary N) is 4. The highest BCUT2D eigenvalue weighted by Crippen LogP contribution is 2.17. The number of allylic oxidation sites excluding steroid dienone is 4. The van der Waals surface area contributed by atoms with Crippen LogP contribution in [0, 0.1) is 11.8 Å². The van der Waals surface area contributed by atoms with Gasteiger partial charge in [-0.25, -0.2) is 0 Å². The van der Waals surface area contributed by atoms with Gasteiger partial charge in [-0.1, -0.05) is 35.0 Å². The van der Waals surface area contributed by atoms with Gasteiger partial charge in [-0.2, -0.15) is 0 Å². The molecule has 1 aliphatic carbocycles. The predicted octanol–water partition coefficient (Wildman–Crippen LogP) is 2.73. The number of halogens is 1. The van der Waals surface area contributed by atoms with Crippen LogP contribution in [0.25, 0.3) is 0 Å². The van der Waals surface area contributed by atoms with Crippen molar-refractivity contribution in [3.8, 4) is 0 Å². The fraction of sp³-hybridized carbons (Fsp3) is 0.545. The van der Waals surface area contributed by atoms with E-state index in [2.05, 4.69) is 49.1 Å². The Balaban J connectivity index is 2.80. The van der Waals surface area contributed by atoms with Gasteiger partial charge < -0.3 is 30.7 Å². The molecule has 1 amide bonds. The minimum Gasteiger partial charge on any atom is -0.384 e. The summed E-state index contributed by atoms with van der Waals surface area (Å²) in [5.74, 6) is 1.40. The molecule has 4 N–H and O–H groups in total. The van der Waals surface area contributed by atoms with Crippen LogP contribution in [-0.4, -0.2) is 52.9 Å². The third-order valence-electron chi connectivity index (χ3n) is 4.76. The summed E-state index contributed by atoms with van der Waals surface area (Å²) in [4.78, 5) is 16.1. The molecule has 1 aliphatic rings. The van der Waals surface area contributed by atoms with Crippen LogP contribution in [0.15, 0.2) is 51.0 Å². The first-order valence-electron chi connectivity index (χ1n) is 10.2. The maximum Gasteiger partial charge on any atom is 0.226 e. The monoisotopic (exact) mass is 497 g/mol. The van der Waals surface area contributed by atoms with E-state index >= 15 is 0 Å². The Morgan fingerprint density at radius 1 is 1.35 bits per heavy atom. The topological polar surface area (TPSA) is 96.0 Å². The van der Waals surface area contributed by atoms with Gasteiger partial charge >= 0.3 is 0 Å². The molecule has 3 unspecified atom stereocenters. The van der Waals surface area contributed by atoms with E-state index in [-0.39, 0.29) is 23.8 Å². The Hall–Kier alpha value is -2.10. The number of amides is 1. The molecule has 9 heteroatoms. The van der Waals surface area contributed by atoms with Crippen LogP contribution in [0.4, 0.5) is 0 Å². The van der Waals surface area contributed by atoms with Crippen LogP contribution in [0.3, 0.4) is 0 Å². The second-order valence-electron chi connectivity index (χ2n) is 7.31. The number of hydrogen-bond donors (Lipinski definition) is 4. The van der Waals surface area contributed by atoms with Gasteiger partial charge in [-0.15, -0.1) is 0 Å². The summed E-state index contributed by atoms with van der Waals surface area (Å²) >= 11 is 3.53. The van der Waals surface area contributed by atoms with E-state index < -0.39 is 0 Å². The third kappa shape index (κ3) is 9.28. The lowest BCUT2D eigenvalue weighted by Gasteiger charge is -2.22. The van der Waals surface area contributed by atoms with Gasteiger partial charge in [0, 0.05) is 50.1 Å². The molecule has 0 aliphatic heterocycles. The first kappa shape index (κ1) is 26.9. The lowest BCUT2D eigenvalue weighted by Crippen LogP contribution is -2.40. The molecule has 0 spiro atoms. The third-order valence-corrected chi connectivity index (χ3v) is 5.15. The molecule has 0 aromatic carbocycles. The van der Waals surface area contributed by atoms with E-state index in [0.29, 0.717) is 19.0 Å². The number of guanidine groups is 1. The smallest absolute Gasteiger partial charge is 0.226 e. The fourth-order valence-electron chi connectivity index (χ4n) is 3.00. The Bertz CT molecular complexity index is 754. The van der Waals surface area contributed by atoms with Crippen molar-refractivity contribution in [1.82, 2.24) is 21.3 Å². The Morgan fingerprint density at radius 3 is 2.55 bits per heavy atom. The van der Waals surface area contributed by atoms with E-state index in [1.165, 1.54) is 0 Å². The summed E-state index contributed by atoms with van der Waals surface area (Å²) in [6.07, 6.45) is 8.37. The van der Waals surface area contributed by atoms with Crippen molar-refractivity contribution in [3.63, 3.8) is 0 Å². The molecular formula is C22H36BrN5O3. The molecular weight excluding hydrogens is 462 g/mol. The molecule has 3 atom stereocenters. The van der Waals surface area contributed by atoms with Crippen molar-refractivity contribution in [2.75, 3.05) is 34.9 Å². The number of methoxy groups -OCH3 is 2. The van der Waals surface area contributed by atoms with Crippen molar-refractivity contribution in [2.24, 2.45) is 16.8 Å². The average molecular weight is 498 g/mol. The molecule has 0 aromatic heterocycles. The van der Waals surface area contributed by atoms with Crippen LogP contribution in [0.1, 0.15) is 27.2 Å².